The zero-order valence-electron chi connectivity index (χ0n) is 15.4. The summed E-state index contributed by atoms with van der Waals surface area (Å²) in [5.74, 6) is 0.924. The molecule has 1 atom stereocenters. The third kappa shape index (κ3) is 4.98. The molecule has 0 fully saturated rings. The lowest BCUT2D eigenvalue weighted by molar-refractivity contribution is 0.317. The molecule has 0 saturated heterocycles. The van der Waals surface area contributed by atoms with Crippen molar-refractivity contribution in [1.29, 1.82) is 0 Å². The Morgan fingerprint density at radius 3 is 1.77 bits per heavy atom. The Bertz CT molecular complexity index is 486. The quantitative estimate of drug-likeness (QED) is 0.701. The van der Waals surface area contributed by atoms with Crippen molar-refractivity contribution in [2.75, 3.05) is 5.32 Å². The van der Waals surface area contributed by atoms with Crippen molar-refractivity contribution in [2.24, 2.45) is 5.41 Å². The van der Waals surface area contributed by atoms with Gasteiger partial charge in [-0.25, -0.2) is 0 Å². The SMILES string of the molecule is CC(C)c1cccc(C(C)C)c1NC(=S)NC(C)C(C)(C)C. The first-order valence-corrected chi connectivity index (χ1v) is 8.65. The zero-order valence-corrected chi connectivity index (χ0v) is 16.2. The van der Waals surface area contributed by atoms with Crippen molar-refractivity contribution in [1.82, 2.24) is 5.32 Å². The van der Waals surface area contributed by atoms with Crippen molar-refractivity contribution in [3.05, 3.63) is 29.3 Å². The summed E-state index contributed by atoms with van der Waals surface area (Å²) in [5.41, 5.74) is 3.98. The number of anilines is 1. The Hall–Kier alpha value is -1.09. The van der Waals surface area contributed by atoms with Crippen LogP contribution in [0.15, 0.2) is 18.2 Å². The maximum Gasteiger partial charge on any atom is 0.171 e. The van der Waals surface area contributed by atoms with Gasteiger partial charge in [0.1, 0.15) is 0 Å². The van der Waals surface area contributed by atoms with Gasteiger partial charge in [0.15, 0.2) is 5.11 Å². The Morgan fingerprint density at radius 1 is 0.955 bits per heavy atom. The summed E-state index contributed by atoms with van der Waals surface area (Å²) >= 11 is 5.55. The van der Waals surface area contributed by atoms with Gasteiger partial charge in [-0.15, -0.1) is 0 Å². The highest BCUT2D eigenvalue weighted by molar-refractivity contribution is 7.80. The van der Waals surface area contributed by atoms with Gasteiger partial charge in [0.25, 0.3) is 0 Å². The van der Waals surface area contributed by atoms with E-state index >= 15 is 0 Å². The monoisotopic (exact) mass is 320 g/mol. The number of rotatable bonds is 4. The summed E-state index contributed by atoms with van der Waals surface area (Å²) in [5, 5.41) is 7.59. The lowest BCUT2D eigenvalue weighted by Gasteiger charge is -2.30. The Balaban J connectivity index is 3.03. The van der Waals surface area contributed by atoms with Gasteiger partial charge in [-0.1, -0.05) is 66.7 Å². The first-order chi connectivity index (χ1) is 10.0. The van der Waals surface area contributed by atoms with Crippen molar-refractivity contribution in [3.8, 4) is 0 Å². The van der Waals surface area contributed by atoms with Crippen LogP contribution in [0.25, 0.3) is 0 Å². The van der Waals surface area contributed by atoms with Gasteiger partial charge >= 0.3 is 0 Å². The topological polar surface area (TPSA) is 24.1 Å². The van der Waals surface area contributed by atoms with E-state index in [9.17, 15) is 0 Å². The molecule has 2 nitrogen and oxygen atoms in total. The van der Waals surface area contributed by atoms with Gasteiger partial charge < -0.3 is 10.6 Å². The fourth-order valence-electron chi connectivity index (χ4n) is 2.26. The second-order valence-electron chi connectivity index (χ2n) is 7.81. The molecule has 0 saturated carbocycles. The second kappa shape index (κ2) is 7.45. The largest absolute Gasteiger partial charge is 0.359 e. The number of nitrogens with one attached hydrogen (secondary N) is 2. The molecule has 0 amide bonds. The van der Waals surface area contributed by atoms with Crippen molar-refractivity contribution in [3.63, 3.8) is 0 Å². The molecule has 0 spiro atoms. The number of para-hydroxylation sites is 1. The normalized spacial score (nSPS) is 13.4. The maximum absolute atomic E-state index is 5.55. The molecule has 22 heavy (non-hydrogen) atoms. The molecule has 124 valence electrons. The number of benzene rings is 1. The van der Waals surface area contributed by atoms with Crippen molar-refractivity contribution < 1.29 is 0 Å². The number of hydrogen-bond donors (Lipinski definition) is 2. The second-order valence-corrected chi connectivity index (χ2v) is 8.22. The van der Waals surface area contributed by atoms with E-state index in [1.165, 1.54) is 16.8 Å². The van der Waals surface area contributed by atoms with Crippen LogP contribution < -0.4 is 10.6 Å². The smallest absolute Gasteiger partial charge is 0.171 e. The van der Waals surface area contributed by atoms with Crippen LogP contribution in [0.5, 0.6) is 0 Å². The Morgan fingerprint density at radius 2 is 1.41 bits per heavy atom. The molecular formula is C19H32N2S. The average molecular weight is 321 g/mol. The molecular weight excluding hydrogens is 288 g/mol. The first kappa shape index (κ1) is 19.0. The average Bonchev–Trinajstić information content (AvgIpc) is 2.36. The third-order valence-corrected chi connectivity index (χ3v) is 4.48. The van der Waals surface area contributed by atoms with E-state index in [0.29, 0.717) is 23.0 Å². The van der Waals surface area contributed by atoms with E-state index in [1.807, 2.05) is 0 Å². The van der Waals surface area contributed by atoms with E-state index in [2.05, 4.69) is 84.2 Å². The summed E-state index contributed by atoms with van der Waals surface area (Å²) in [7, 11) is 0. The molecule has 0 aliphatic heterocycles. The molecule has 0 heterocycles. The van der Waals surface area contributed by atoms with Gasteiger partial charge in [0.05, 0.1) is 0 Å². The Labute approximate surface area is 142 Å². The molecule has 2 N–H and O–H groups in total. The van der Waals surface area contributed by atoms with Crippen LogP contribution in [-0.2, 0) is 0 Å². The molecule has 0 bridgehead atoms. The lowest BCUT2D eigenvalue weighted by atomic mass is 9.88. The molecule has 0 aliphatic carbocycles. The van der Waals surface area contributed by atoms with E-state index in [1.54, 1.807) is 0 Å². The molecule has 1 aromatic rings. The van der Waals surface area contributed by atoms with Crippen LogP contribution in [-0.4, -0.2) is 11.2 Å². The van der Waals surface area contributed by atoms with Gasteiger partial charge in [-0.05, 0) is 47.5 Å². The predicted octanol–water partition coefficient (Wildman–Crippen LogP) is 5.65. The molecule has 1 unspecified atom stereocenters. The predicted molar refractivity (Wildman–Crippen MR) is 103 cm³/mol. The fraction of sp³-hybridized carbons (Fsp3) is 0.632. The van der Waals surface area contributed by atoms with Crippen LogP contribution in [0.3, 0.4) is 0 Å². The van der Waals surface area contributed by atoms with Gasteiger partial charge in [-0.3, -0.25) is 0 Å². The zero-order chi connectivity index (χ0) is 17.1. The molecule has 3 heteroatoms. The van der Waals surface area contributed by atoms with Crippen LogP contribution in [0.1, 0.15) is 78.4 Å². The molecule has 1 rings (SSSR count). The van der Waals surface area contributed by atoms with Crippen LogP contribution in [0.4, 0.5) is 5.69 Å². The summed E-state index contributed by atoms with van der Waals surface area (Å²) in [6, 6.07) is 6.83. The highest BCUT2D eigenvalue weighted by atomic mass is 32.1. The van der Waals surface area contributed by atoms with E-state index < -0.39 is 0 Å². The lowest BCUT2D eigenvalue weighted by Crippen LogP contribution is -2.43. The van der Waals surface area contributed by atoms with Crippen LogP contribution in [0.2, 0.25) is 0 Å². The maximum atomic E-state index is 5.55. The number of hydrogen-bond acceptors (Lipinski definition) is 1. The van der Waals surface area contributed by atoms with E-state index in [4.69, 9.17) is 12.2 Å². The van der Waals surface area contributed by atoms with Gasteiger partial charge in [-0.2, -0.15) is 0 Å². The molecule has 0 aliphatic rings. The minimum Gasteiger partial charge on any atom is -0.359 e. The minimum absolute atomic E-state index is 0.171. The van der Waals surface area contributed by atoms with Crippen LogP contribution in [0, 0.1) is 5.41 Å². The van der Waals surface area contributed by atoms with Gasteiger partial charge in [0.2, 0.25) is 0 Å². The Kier molecular flexibility index (Phi) is 6.42. The summed E-state index contributed by atoms with van der Waals surface area (Å²) < 4.78 is 0. The summed E-state index contributed by atoms with van der Waals surface area (Å²) in [6.07, 6.45) is 0. The molecule has 0 radical (unpaired) electrons. The van der Waals surface area contributed by atoms with Crippen molar-refractivity contribution >= 4 is 23.0 Å². The van der Waals surface area contributed by atoms with Crippen molar-refractivity contribution in [2.45, 2.75) is 73.3 Å². The van der Waals surface area contributed by atoms with Gasteiger partial charge in [0, 0.05) is 11.7 Å². The molecule has 0 aromatic heterocycles. The summed E-state index contributed by atoms with van der Waals surface area (Å²) in [6.45, 7) is 17.7. The standard InChI is InChI=1S/C19H32N2S/c1-12(2)15-10-9-11-16(13(3)4)17(15)21-18(22)20-14(5)19(6,7)8/h9-14H,1-8H3,(H2,20,21,22). The van der Waals surface area contributed by atoms with E-state index in [0.717, 1.165) is 0 Å². The number of thiocarbonyl (C=S) groups is 1. The molecule has 1 aromatic carbocycles. The van der Waals surface area contributed by atoms with E-state index in [-0.39, 0.29) is 5.41 Å². The third-order valence-electron chi connectivity index (χ3n) is 4.26. The minimum atomic E-state index is 0.171. The summed E-state index contributed by atoms with van der Waals surface area (Å²) in [4.78, 5) is 0. The fourth-order valence-corrected chi connectivity index (χ4v) is 2.54. The highest BCUT2D eigenvalue weighted by Crippen LogP contribution is 2.32. The van der Waals surface area contributed by atoms with Crippen LogP contribution >= 0.6 is 12.2 Å². The highest BCUT2D eigenvalue weighted by Gasteiger charge is 2.21. The first-order valence-electron chi connectivity index (χ1n) is 8.24.